The molecule has 1 amide bonds. The number of amides is 1. The highest BCUT2D eigenvalue weighted by Gasteiger charge is 2.30. The van der Waals surface area contributed by atoms with Crippen molar-refractivity contribution in [2.45, 2.75) is 76.5 Å². The fourth-order valence-corrected chi connectivity index (χ4v) is 5.30. The molecule has 9 nitrogen and oxygen atoms in total. The maximum absolute atomic E-state index is 14.6. The Morgan fingerprint density at radius 2 is 1.95 bits per heavy atom. The Balaban J connectivity index is 1.69. The van der Waals surface area contributed by atoms with Crippen molar-refractivity contribution in [3.05, 3.63) is 34.5 Å². The molecule has 4 rings (SSSR count). The number of hydrogen-bond acceptors (Lipinski definition) is 5. The number of benzene rings is 1. The number of carbonyl (C=O) groups excluding carboxylic acids is 1. The van der Waals surface area contributed by atoms with Gasteiger partial charge in [-0.05, 0) is 77.1 Å². The predicted molar refractivity (Wildman–Crippen MR) is 141 cm³/mol. The first kappa shape index (κ1) is 27.0. The van der Waals surface area contributed by atoms with Gasteiger partial charge in [0.1, 0.15) is 5.82 Å². The summed E-state index contributed by atoms with van der Waals surface area (Å²) >= 11 is 5.72. The molecule has 2 atom stereocenters. The molecule has 2 saturated carbocycles. The van der Waals surface area contributed by atoms with Gasteiger partial charge in [0.15, 0.2) is 11.6 Å². The van der Waals surface area contributed by atoms with E-state index in [0.29, 0.717) is 49.6 Å². The Bertz CT molecular complexity index is 1190. The first-order valence-electron chi connectivity index (χ1n) is 12.5. The van der Waals surface area contributed by atoms with Crippen LogP contribution in [-0.2, 0) is 4.79 Å². The molecule has 0 spiro atoms. The molecule has 1 aromatic heterocycles. The largest absolute Gasteiger partial charge is 0.393 e. The third-order valence-corrected chi connectivity index (χ3v) is 7.43. The zero-order valence-electron chi connectivity index (χ0n) is 20.7. The van der Waals surface area contributed by atoms with E-state index in [4.69, 9.17) is 17.3 Å². The standard InChI is InChI=1S/C25H32ClF2N7O2/c1-13-23(34-24(30-2)32-15-4-3-5-17(36)12-15)35(16-8-6-14(7-9-16)22(29)37)25(31-13)33-19-11-10-18(26)20(27)21(19)28/h10-11,14-17,36H,2-9,12H2,1H3,(H2,29,37)(H,31,33)(H,32,34)/t14?,15-,16?,17+/m0/s1. The molecule has 0 radical (unpaired) electrons. The summed E-state index contributed by atoms with van der Waals surface area (Å²) < 4.78 is 30.6. The van der Waals surface area contributed by atoms with Crippen molar-refractivity contribution in [3.8, 4) is 0 Å². The third kappa shape index (κ3) is 6.10. The average molecular weight is 536 g/mol. The van der Waals surface area contributed by atoms with Crippen molar-refractivity contribution in [3.63, 3.8) is 0 Å². The van der Waals surface area contributed by atoms with E-state index in [1.165, 1.54) is 12.1 Å². The van der Waals surface area contributed by atoms with Gasteiger partial charge in [-0.25, -0.2) is 23.7 Å². The summed E-state index contributed by atoms with van der Waals surface area (Å²) in [5.74, 6) is -1.65. The minimum atomic E-state index is -1.15. The number of aromatic nitrogens is 2. The summed E-state index contributed by atoms with van der Waals surface area (Å²) in [6.07, 6.45) is 5.07. The normalized spacial score (nSPS) is 24.5. The Kier molecular flexibility index (Phi) is 8.43. The zero-order valence-corrected chi connectivity index (χ0v) is 21.4. The van der Waals surface area contributed by atoms with Crippen LogP contribution in [-0.4, -0.2) is 45.4 Å². The fraction of sp³-hybridized carbons (Fsp3) is 0.520. The van der Waals surface area contributed by atoms with Crippen LogP contribution in [0.5, 0.6) is 0 Å². The fourth-order valence-electron chi connectivity index (χ4n) is 5.15. The van der Waals surface area contributed by atoms with Crippen LogP contribution in [0, 0.1) is 24.5 Å². The third-order valence-electron chi connectivity index (χ3n) is 7.13. The van der Waals surface area contributed by atoms with Gasteiger partial charge in [0.05, 0.1) is 28.5 Å². The van der Waals surface area contributed by atoms with E-state index in [1.807, 2.05) is 4.57 Å². The molecule has 1 heterocycles. The van der Waals surface area contributed by atoms with Crippen molar-refractivity contribution >= 4 is 47.6 Å². The molecule has 2 aromatic rings. The highest BCUT2D eigenvalue weighted by Crippen LogP contribution is 2.39. The lowest BCUT2D eigenvalue weighted by molar-refractivity contribution is -0.122. The zero-order chi connectivity index (χ0) is 26.7. The van der Waals surface area contributed by atoms with E-state index >= 15 is 0 Å². The summed E-state index contributed by atoms with van der Waals surface area (Å²) in [7, 11) is 0. The molecule has 2 aliphatic rings. The minimum absolute atomic E-state index is 0.0943. The van der Waals surface area contributed by atoms with Crippen LogP contribution < -0.4 is 16.4 Å². The van der Waals surface area contributed by atoms with Gasteiger partial charge in [-0.3, -0.25) is 9.36 Å². The molecule has 12 heteroatoms. The Morgan fingerprint density at radius 3 is 2.59 bits per heavy atom. The van der Waals surface area contributed by atoms with Gasteiger partial charge >= 0.3 is 0 Å². The van der Waals surface area contributed by atoms with Gasteiger partial charge in [0.2, 0.25) is 17.8 Å². The molecular weight excluding hydrogens is 504 g/mol. The maximum atomic E-state index is 14.6. The smallest absolute Gasteiger partial charge is 0.223 e. The first-order valence-corrected chi connectivity index (χ1v) is 12.8. The molecule has 1 aromatic carbocycles. The number of aliphatic imine (C=N–C) groups is 2. The van der Waals surface area contributed by atoms with Gasteiger partial charge in [0, 0.05) is 12.0 Å². The van der Waals surface area contributed by atoms with Crippen molar-refractivity contribution in [2.75, 3.05) is 10.6 Å². The number of guanidine groups is 1. The SMILES string of the molecule is C=NC(=N[C@H]1CCC[C@@H](O)C1)Nc1c(C)nc(Nc2ccc(Cl)c(F)c2F)n1C1CCC(C(N)=O)CC1. The molecular formula is C25H32ClF2N7O2. The predicted octanol–water partition coefficient (Wildman–Crippen LogP) is 4.86. The van der Waals surface area contributed by atoms with Crippen molar-refractivity contribution < 1.29 is 18.7 Å². The van der Waals surface area contributed by atoms with E-state index < -0.39 is 17.7 Å². The van der Waals surface area contributed by atoms with Crippen molar-refractivity contribution in [2.24, 2.45) is 21.6 Å². The molecule has 0 saturated heterocycles. The van der Waals surface area contributed by atoms with Crippen molar-refractivity contribution in [1.82, 2.24) is 9.55 Å². The summed E-state index contributed by atoms with van der Waals surface area (Å²) in [6.45, 7) is 5.42. The number of carbonyl (C=O) groups is 1. The lowest BCUT2D eigenvalue weighted by atomic mass is 9.85. The van der Waals surface area contributed by atoms with Crippen LogP contribution in [0.2, 0.25) is 5.02 Å². The first-order chi connectivity index (χ1) is 17.7. The topological polar surface area (TPSA) is 130 Å². The lowest BCUT2D eigenvalue weighted by Gasteiger charge is -2.30. The quantitative estimate of drug-likeness (QED) is 0.238. The maximum Gasteiger partial charge on any atom is 0.223 e. The van der Waals surface area contributed by atoms with Gasteiger partial charge < -0.3 is 21.5 Å². The molecule has 0 bridgehead atoms. The van der Waals surface area contributed by atoms with Crippen LogP contribution in [0.15, 0.2) is 22.1 Å². The molecule has 2 aliphatic carbocycles. The molecule has 2 fully saturated rings. The number of nitrogens with two attached hydrogens (primary N) is 1. The van der Waals surface area contributed by atoms with Crippen molar-refractivity contribution in [1.29, 1.82) is 0 Å². The van der Waals surface area contributed by atoms with E-state index in [2.05, 4.69) is 32.3 Å². The number of aliphatic hydroxyl groups is 1. The van der Waals surface area contributed by atoms with Crippen LogP contribution in [0.4, 0.5) is 26.2 Å². The summed E-state index contributed by atoms with van der Waals surface area (Å²) in [5, 5.41) is 15.8. The number of nitrogens with one attached hydrogen (secondary N) is 2. The van der Waals surface area contributed by atoms with E-state index in [9.17, 15) is 18.7 Å². The number of rotatable bonds is 6. The number of aryl methyl sites for hydroxylation is 1. The summed E-state index contributed by atoms with van der Waals surface area (Å²) in [5.41, 5.74) is 5.98. The average Bonchev–Trinajstić information content (AvgIpc) is 3.18. The lowest BCUT2D eigenvalue weighted by Crippen LogP contribution is -2.29. The molecule has 0 unspecified atom stereocenters. The Hall–Kier alpha value is -3.05. The number of anilines is 3. The highest BCUT2D eigenvalue weighted by atomic mass is 35.5. The molecule has 200 valence electrons. The minimum Gasteiger partial charge on any atom is -0.393 e. The Morgan fingerprint density at radius 1 is 1.22 bits per heavy atom. The number of aliphatic hydroxyl groups excluding tert-OH is 1. The second kappa shape index (κ2) is 11.6. The van der Waals surface area contributed by atoms with E-state index in [1.54, 1.807) is 6.92 Å². The van der Waals surface area contributed by atoms with E-state index in [0.717, 1.165) is 19.3 Å². The number of halogens is 3. The Labute approximate surface area is 219 Å². The summed E-state index contributed by atoms with van der Waals surface area (Å²) in [4.78, 5) is 25.0. The van der Waals surface area contributed by atoms with Crippen LogP contribution in [0.1, 0.15) is 63.1 Å². The van der Waals surface area contributed by atoms with E-state index in [-0.39, 0.29) is 40.6 Å². The number of nitrogens with zero attached hydrogens (tertiary/aromatic N) is 4. The number of hydrogen-bond donors (Lipinski definition) is 4. The van der Waals surface area contributed by atoms with Crippen LogP contribution in [0.3, 0.4) is 0 Å². The van der Waals surface area contributed by atoms with Gasteiger partial charge in [-0.1, -0.05) is 11.6 Å². The number of primary amides is 1. The second-order valence-electron chi connectivity index (χ2n) is 9.71. The molecule has 37 heavy (non-hydrogen) atoms. The number of imidazole rings is 1. The van der Waals surface area contributed by atoms with Gasteiger partial charge in [-0.2, -0.15) is 0 Å². The van der Waals surface area contributed by atoms with Crippen LogP contribution >= 0.6 is 11.6 Å². The second-order valence-corrected chi connectivity index (χ2v) is 10.1. The van der Waals surface area contributed by atoms with Gasteiger partial charge in [0.25, 0.3) is 0 Å². The van der Waals surface area contributed by atoms with Gasteiger partial charge in [-0.15, -0.1) is 0 Å². The molecule has 0 aliphatic heterocycles. The van der Waals surface area contributed by atoms with Crippen LogP contribution in [0.25, 0.3) is 0 Å². The monoisotopic (exact) mass is 535 g/mol. The summed E-state index contributed by atoms with van der Waals surface area (Å²) in [6, 6.07) is 2.41. The highest BCUT2D eigenvalue weighted by molar-refractivity contribution is 6.30. The molecule has 5 N–H and O–H groups in total.